The van der Waals surface area contributed by atoms with Crippen molar-refractivity contribution in [1.29, 1.82) is 0 Å². The number of nitrogens with zero attached hydrogens (tertiary/aromatic N) is 2. The molecule has 0 radical (unpaired) electrons. The summed E-state index contributed by atoms with van der Waals surface area (Å²) in [6.07, 6.45) is 7.15. The third-order valence-corrected chi connectivity index (χ3v) is 1.69. The summed E-state index contributed by atoms with van der Waals surface area (Å²) >= 11 is 0. The van der Waals surface area contributed by atoms with Crippen molar-refractivity contribution in [3.63, 3.8) is 0 Å². The Morgan fingerprint density at radius 2 is 0.929 bits per heavy atom. The van der Waals surface area contributed by atoms with E-state index < -0.39 is 0 Å². The van der Waals surface area contributed by atoms with E-state index in [1.54, 1.807) is 24.8 Å². The van der Waals surface area contributed by atoms with E-state index in [4.69, 9.17) is 0 Å². The van der Waals surface area contributed by atoms with Crippen molar-refractivity contribution in [2.24, 2.45) is 0 Å². The van der Waals surface area contributed by atoms with Crippen LogP contribution in [0.5, 0.6) is 0 Å². The zero-order valence-electron chi connectivity index (χ0n) is 8.51. The Morgan fingerprint density at radius 3 is 1.07 bits per heavy atom. The molecule has 0 aliphatic carbocycles. The predicted octanol–water partition coefficient (Wildman–Crippen LogP) is 2.78. The van der Waals surface area contributed by atoms with Gasteiger partial charge in [-0.15, -0.1) is 0 Å². The molecule has 0 fully saturated rings. The van der Waals surface area contributed by atoms with Gasteiger partial charge in [-0.1, -0.05) is 0 Å². The number of aryl methyl sites for hydroxylation is 2. The number of aromatic nitrogens is 2. The lowest BCUT2D eigenvalue weighted by Gasteiger charge is -1.82. The van der Waals surface area contributed by atoms with E-state index in [2.05, 4.69) is 9.97 Å². The normalized spacial score (nSPS) is 8.71. The maximum Gasteiger partial charge on any atom is 0.0270 e. The third-order valence-electron chi connectivity index (χ3n) is 1.69. The van der Waals surface area contributed by atoms with Crippen molar-refractivity contribution in [2.45, 2.75) is 13.8 Å². The molecule has 14 heavy (non-hydrogen) atoms. The van der Waals surface area contributed by atoms with Crippen molar-refractivity contribution < 1.29 is 0 Å². The summed E-state index contributed by atoms with van der Waals surface area (Å²) in [5.74, 6) is 0. The Bertz CT molecular complexity index is 306. The molecule has 0 amide bonds. The first-order valence-corrected chi connectivity index (χ1v) is 4.52. The number of hydrogen-bond acceptors (Lipinski definition) is 2. The molecule has 0 saturated heterocycles. The topological polar surface area (TPSA) is 25.8 Å². The van der Waals surface area contributed by atoms with Crippen molar-refractivity contribution in [2.75, 3.05) is 0 Å². The second-order valence-electron chi connectivity index (χ2n) is 3.05. The van der Waals surface area contributed by atoms with Gasteiger partial charge < -0.3 is 0 Å². The van der Waals surface area contributed by atoms with Gasteiger partial charge in [-0.3, -0.25) is 9.97 Å². The fourth-order valence-electron chi connectivity index (χ4n) is 0.853. The third kappa shape index (κ3) is 4.36. The van der Waals surface area contributed by atoms with Crippen LogP contribution in [-0.4, -0.2) is 9.97 Å². The Hall–Kier alpha value is -1.70. The van der Waals surface area contributed by atoms with E-state index in [1.807, 2.05) is 38.1 Å². The molecule has 72 valence electrons. The van der Waals surface area contributed by atoms with Crippen LogP contribution in [0.4, 0.5) is 0 Å². The molecular formula is C12H14N2. The second-order valence-corrected chi connectivity index (χ2v) is 3.05. The van der Waals surface area contributed by atoms with Crippen LogP contribution in [0.15, 0.2) is 49.1 Å². The smallest absolute Gasteiger partial charge is 0.0270 e. The van der Waals surface area contributed by atoms with Crippen molar-refractivity contribution in [1.82, 2.24) is 9.97 Å². The zero-order chi connectivity index (χ0) is 10.2. The number of rotatable bonds is 0. The zero-order valence-corrected chi connectivity index (χ0v) is 8.51. The van der Waals surface area contributed by atoms with Gasteiger partial charge in [0.15, 0.2) is 0 Å². The summed E-state index contributed by atoms with van der Waals surface area (Å²) in [6.45, 7) is 4.09. The van der Waals surface area contributed by atoms with Crippen LogP contribution in [0.25, 0.3) is 0 Å². The van der Waals surface area contributed by atoms with E-state index >= 15 is 0 Å². The minimum absolute atomic E-state index is 1.26. The van der Waals surface area contributed by atoms with Crippen LogP contribution in [0, 0.1) is 13.8 Å². The standard InChI is InChI=1S/2C6H7N/c2*1-6-2-4-7-5-3-6/h2*2-5H,1H3. The van der Waals surface area contributed by atoms with E-state index in [0.717, 1.165) is 0 Å². The highest BCUT2D eigenvalue weighted by Crippen LogP contribution is 1.89. The fourth-order valence-corrected chi connectivity index (χ4v) is 0.853. The Labute approximate surface area is 84.7 Å². The van der Waals surface area contributed by atoms with Crippen LogP contribution < -0.4 is 0 Å². The van der Waals surface area contributed by atoms with Crippen molar-refractivity contribution >= 4 is 0 Å². The SMILES string of the molecule is Cc1ccncc1.Cc1ccncc1. The molecule has 0 aliphatic rings. The second kappa shape index (κ2) is 5.86. The lowest BCUT2D eigenvalue weighted by Crippen LogP contribution is -1.68. The molecule has 2 heteroatoms. The molecule has 0 spiro atoms. The molecule has 2 rings (SSSR count). The van der Waals surface area contributed by atoms with E-state index in [1.165, 1.54) is 11.1 Å². The summed E-state index contributed by atoms with van der Waals surface area (Å²) in [5.41, 5.74) is 2.52. The Kier molecular flexibility index (Phi) is 4.35. The van der Waals surface area contributed by atoms with Crippen LogP contribution in [0.1, 0.15) is 11.1 Å². The molecule has 0 aromatic carbocycles. The molecule has 2 nitrogen and oxygen atoms in total. The van der Waals surface area contributed by atoms with Crippen LogP contribution >= 0.6 is 0 Å². The molecule has 0 bridgehead atoms. The van der Waals surface area contributed by atoms with Gasteiger partial charge in [0.2, 0.25) is 0 Å². The van der Waals surface area contributed by atoms with Gasteiger partial charge in [0, 0.05) is 24.8 Å². The number of pyridine rings is 2. The van der Waals surface area contributed by atoms with Gasteiger partial charge in [0.25, 0.3) is 0 Å². The van der Waals surface area contributed by atoms with Crippen molar-refractivity contribution in [3.05, 3.63) is 60.2 Å². The maximum atomic E-state index is 3.85. The highest BCUT2D eigenvalue weighted by Gasteiger charge is 1.73. The van der Waals surface area contributed by atoms with Gasteiger partial charge >= 0.3 is 0 Å². The minimum atomic E-state index is 1.26. The maximum absolute atomic E-state index is 3.85. The Morgan fingerprint density at radius 1 is 0.643 bits per heavy atom. The minimum Gasteiger partial charge on any atom is -0.265 e. The molecule has 0 N–H and O–H groups in total. The van der Waals surface area contributed by atoms with Gasteiger partial charge in [0.05, 0.1) is 0 Å². The molecule has 0 unspecified atom stereocenters. The Balaban J connectivity index is 0.000000140. The predicted molar refractivity (Wildman–Crippen MR) is 57.9 cm³/mol. The van der Waals surface area contributed by atoms with Crippen molar-refractivity contribution in [3.8, 4) is 0 Å². The van der Waals surface area contributed by atoms with Gasteiger partial charge in [0.1, 0.15) is 0 Å². The van der Waals surface area contributed by atoms with Gasteiger partial charge in [-0.05, 0) is 49.2 Å². The lowest BCUT2D eigenvalue weighted by atomic mass is 10.3. The summed E-state index contributed by atoms with van der Waals surface area (Å²) in [7, 11) is 0. The molecule has 0 aliphatic heterocycles. The largest absolute Gasteiger partial charge is 0.265 e. The quantitative estimate of drug-likeness (QED) is 0.632. The highest BCUT2D eigenvalue weighted by atomic mass is 14.6. The van der Waals surface area contributed by atoms with Gasteiger partial charge in [-0.2, -0.15) is 0 Å². The van der Waals surface area contributed by atoms with E-state index in [-0.39, 0.29) is 0 Å². The van der Waals surface area contributed by atoms with E-state index in [0.29, 0.717) is 0 Å². The van der Waals surface area contributed by atoms with Gasteiger partial charge in [-0.25, -0.2) is 0 Å². The summed E-state index contributed by atoms with van der Waals surface area (Å²) < 4.78 is 0. The summed E-state index contributed by atoms with van der Waals surface area (Å²) in [4.78, 5) is 7.69. The van der Waals surface area contributed by atoms with Crippen LogP contribution in [-0.2, 0) is 0 Å². The molecule has 0 atom stereocenters. The monoisotopic (exact) mass is 186 g/mol. The first kappa shape index (κ1) is 10.4. The highest BCUT2D eigenvalue weighted by molar-refractivity contribution is 5.06. The average molecular weight is 186 g/mol. The first-order valence-electron chi connectivity index (χ1n) is 4.52. The molecule has 2 aromatic heterocycles. The van der Waals surface area contributed by atoms with Crippen LogP contribution in [0.3, 0.4) is 0 Å². The van der Waals surface area contributed by atoms with Crippen LogP contribution in [0.2, 0.25) is 0 Å². The fraction of sp³-hybridized carbons (Fsp3) is 0.167. The molecule has 0 saturated carbocycles. The molecular weight excluding hydrogens is 172 g/mol. The van der Waals surface area contributed by atoms with E-state index in [9.17, 15) is 0 Å². The first-order chi connectivity index (χ1) is 6.79. The molecule has 2 aromatic rings. The number of hydrogen-bond donors (Lipinski definition) is 0. The molecule has 2 heterocycles. The lowest BCUT2D eigenvalue weighted by molar-refractivity contribution is 1.29. The summed E-state index contributed by atoms with van der Waals surface area (Å²) in [6, 6.07) is 7.89. The summed E-state index contributed by atoms with van der Waals surface area (Å²) in [5, 5.41) is 0. The average Bonchev–Trinajstić information content (AvgIpc) is 2.21.